The van der Waals surface area contributed by atoms with Crippen LogP contribution in [-0.4, -0.2) is 15.7 Å². The van der Waals surface area contributed by atoms with Crippen LogP contribution in [-0.2, 0) is 13.6 Å². The first-order chi connectivity index (χ1) is 9.00. The lowest BCUT2D eigenvalue weighted by molar-refractivity contribution is 0.0951. The van der Waals surface area contributed by atoms with Gasteiger partial charge in [-0.2, -0.15) is 5.10 Å². The standard InChI is InChI=1S/C13H15ClN4O/c1-8-4-3-5-10(11(8)14)13(19)16-6-9-7-17-18(2)12(9)15/h3-5,7H,6,15H2,1-2H3,(H,16,19). The van der Waals surface area contributed by atoms with Crippen molar-refractivity contribution in [3.63, 3.8) is 0 Å². The van der Waals surface area contributed by atoms with Gasteiger partial charge in [0.15, 0.2) is 0 Å². The number of nitrogens with zero attached hydrogens (tertiary/aromatic N) is 2. The average molecular weight is 279 g/mol. The third-order valence-electron chi connectivity index (χ3n) is 2.94. The Bertz CT molecular complexity index is 621. The number of carbonyl (C=O) groups is 1. The zero-order chi connectivity index (χ0) is 14.0. The van der Waals surface area contributed by atoms with Crippen molar-refractivity contribution in [1.29, 1.82) is 0 Å². The molecule has 0 saturated carbocycles. The van der Waals surface area contributed by atoms with Crippen LogP contribution in [0.1, 0.15) is 21.5 Å². The van der Waals surface area contributed by atoms with Crippen molar-refractivity contribution >= 4 is 23.3 Å². The van der Waals surface area contributed by atoms with E-state index < -0.39 is 0 Å². The van der Waals surface area contributed by atoms with Crippen LogP contribution in [0.2, 0.25) is 5.02 Å². The van der Waals surface area contributed by atoms with E-state index in [4.69, 9.17) is 17.3 Å². The molecule has 100 valence electrons. The van der Waals surface area contributed by atoms with Gasteiger partial charge in [-0.15, -0.1) is 0 Å². The number of benzene rings is 1. The molecule has 0 fully saturated rings. The number of aromatic nitrogens is 2. The first kappa shape index (κ1) is 13.4. The fourth-order valence-electron chi connectivity index (χ4n) is 1.72. The van der Waals surface area contributed by atoms with Gasteiger partial charge in [-0.05, 0) is 18.6 Å². The second-order valence-electron chi connectivity index (χ2n) is 4.30. The van der Waals surface area contributed by atoms with Crippen LogP contribution in [0.25, 0.3) is 0 Å². The van der Waals surface area contributed by atoms with E-state index in [-0.39, 0.29) is 5.91 Å². The van der Waals surface area contributed by atoms with Crippen molar-refractivity contribution in [2.24, 2.45) is 7.05 Å². The summed E-state index contributed by atoms with van der Waals surface area (Å²) in [5, 5.41) is 7.27. The highest BCUT2D eigenvalue weighted by Crippen LogP contribution is 2.20. The summed E-state index contributed by atoms with van der Waals surface area (Å²) >= 11 is 6.10. The maximum absolute atomic E-state index is 12.0. The Morgan fingerprint density at radius 1 is 1.53 bits per heavy atom. The predicted molar refractivity (Wildman–Crippen MR) is 75.0 cm³/mol. The van der Waals surface area contributed by atoms with Gasteiger partial charge in [0.05, 0.1) is 16.8 Å². The predicted octanol–water partition coefficient (Wildman–Crippen LogP) is 1.89. The quantitative estimate of drug-likeness (QED) is 0.900. The highest BCUT2D eigenvalue weighted by atomic mass is 35.5. The molecule has 3 N–H and O–H groups in total. The first-order valence-corrected chi connectivity index (χ1v) is 6.18. The number of carbonyl (C=O) groups excluding carboxylic acids is 1. The number of amides is 1. The van der Waals surface area contributed by atoms with Crippen LogP contribution in [0.5, 0.6) is 0 Å². The van der Waals surface area contributed by atoms with Crippen LogP contribution < -0.4 is 11.1 Å². The van der Waals surface area contributed by atoms with Crippen LogP contribution in [0.4, 0.5) is 5.82 Å². The van der Waals surface area contributed by atoms with E-state index in [9.17, 15) is 4.79 Å². The molecule has 1 amide bonds. The smallest absolute Gasteiger partial charge is 0.253 e. The number of anilines is 1. The summed E-state index contributed by atoms with van der Waals surface area (Å²) in [5.74, 6) is 0.313. The number of nitrogens with two attached hydrogens (primary N) is 1. The van der Waals surface area contributed by atoms with E-state index in [0.717, 1.165) is 11.1 Å². The number of hydrogen-bond donors (Lipinski definition) is 2. The zero-order valence-corrected chi connectivity index (χ0v) is 11.5. The van der Waals surface area contributed by atoms with Crippen LogP contribution in [0, 0.1) is 6.92 Å². The van der Waals surface area contributed by atoms with Crippen molar-refractivity contribution in [1.82, 2.24) is 15.1 Å². The number of rotatable bonds is 3. The summed E-state index contributed by atoms with van der Waals surface area (Å²) in [7, 11) is 1.75. The van der Waals surface area contributed by atoms with Gasteiger partial charge in [0, 0.05) is 19.2 Å². The number of halogens is 1. The summed E-state index contributed by atoms with van der Waals surface area (Å²) in [6, 6.07) is 5.35. The maximum Gasteiger partial charge on any atom is 0.253 e. The van der Waals surface area contributed by atoms with Crippen molar-refractivity contribution in [3.05, 3.63) is 46.1 Å². The topological polar surface area (TPSA) is 72.9 Å². The number of hydrogen-bond acceptors (Lipinski definition) is 3. The van der Waals surface area contributed by atoms with Gasteiger partial charge in [-0.1, -0.05) is 23.7 Å². The Balaban J connectivity index is 2.10. The van der Waals surface area contributed by atoms with Gasteiger partial charge < -0.3 is 11.1 Å². The van der Waals surface area contributed by atoms with Crippen molar-refractivity contribution in [2.45, 2.75) is 13.5 Å². The van der Waals surface area contributed by atoms with E-state index in [1.807, 2.05) is 13.0 Å². The largest absolute Gasteiger partial charge is 0.384 e. The monoisotopic (exact) mass is 278 g/mol. The van der Waals surface area contributed by atoms with E-state index >= 15 is 0 Å². The molecule has 1 aromatic heterocycles. The van der Waals surface area contributed by atoms with E-state index in [1.165, 1.54) is 0 Å². The molecule has 0 aliphatic heterocycles. The lowest BCUT2D eigenvalue weighted by atomic mass is 10.1. The third kappa shape index (κ3) is 2.71. The Morgan fingerprint density at radius 3 is 2.89 bits per heavy atom. The van der Waals surface area contributed by atoms with Gasteiger partial charge in [0.2, 0.25) is 0 Å². The molecule has 0 aliphatic carbocycles. The number of nitrogen functional groups attached to an aromatic ring is 1. The van der Waals surface area contributed by atoms with Crippen LogP contribution in [0.15, 0.2) is 24.4 Å². The first-order valence-electron chi connectivity index (χ1n) is 5.80. The summed E-state index contributed by atoms with van der Waals surface area (Å²) in [6.07, 6.45) is 1.63. The molecule has 1 aromatic carbocycles. The number of aryl methyl sites for hydroxylation is 2. The summed E-state index contributed by atoms with van der Waals surface area (Å²) in [6.45, 7) is 2.18. The molecule has 0 aliphatic rings. The van der Waals surface area contributed by atoms with Crippen LogP contribution in [0.3, 0.4) is 0 Å². The Morgan fingerprint density at radius 2 is 2.26 bits per heavy atom. The summed E-state index contributed by atoms with van der Waals surface area (Å²) < 4.78 is 1.56. The Kier molecular flexibility index (Phi) is 3.76. The highest BCUT2D eigenvalue weighted by Gasteiger charge is 2.12. The Hall–Kier alpha value is -2.01. The van der Waals surface area contributed by atoms with Gasteiger partial charge in [-0.25, -0.2) is 0 Å². The molecule has 0 unspecified atom stereocenters. The van der Waals surface area contributed by atoms with E-state index in [1.54, 1.807) is 30.1 Å². The summed E-state index contributed by atoms with van der Waals surface area (Å²) in [4.78, 5) is 12.0. The van der Waals surface area contributed by atoms with Crippen molar-refractivity contribution < 1.29 is 4.79 Å². The number of nitrogens with one attached hydrogen (secondary N) is 1. The molecule has 0 bridgehead atoms. The molecule has 6 heteroatoms. The molecule has 2 rings (SSSR count). The minimum Gasteiger partial charge on any atom is -0.384 e. The molecule has 0 radical (unpaired) electrons. The average Bonchev–Trinajstić information content (AvgIpc) is 2.70. The van der Waals surface area contributed by atoms with Crippen LogP contribution >= 0.6 is 11.6 Å². The SMILES string of the molecule is Cc1cccc(C(=O)NCc2cnn(C)c2N)c1Cl. The van der Waals surface area contributed by atoms with Crippen molar-refractivity contribution in [2.75, 3.05) is 5.73 Å². The maximum atomic E-state index is 12.0. The highest BCUT2D eigenvalue weighted by molar-refractivity contribution is 6.34. The van der Waals surface area contributed by atoms with Gasteiger partial charge in [-0.3, -0.25) is 9.48 Å². The van der Waals surface area contributed by atoms with E-state index in [0.29, 0.717) is 22.9 Å². The molecular formula is C13H15ClN4O. The lowest BCUT2D eigenvalue weighted by Gasteiger charge is -2.08. The third-order valence-corrected chi connectivity index (χ3v) is 3.44. The molecule has 19 heavy (non-hydrogen) atoms. The molecule has 0 saturated heterocycles. The lowest BCUT2D eigenvalue weighted by Crippen LogP contribution is -2.23. The van der Waals surface area contributed by atoms with E-state index in [2.05, 4.69) is 10.4 Å². The molecule has 0 spiro atoms. The van der Waals surface area contributed by atoms with Gasteiger partial charge >= 0.3 is 0 Å². The molecule has 0 atom stereocenters. The Labute approximate surface area is 116 Å². The molecule has 5 nitrogen and oxygen atoms in total. The minimum atomic E-state index is -0.225. The second kappa shape index (κ2) is 5.32. The second-order valence-corrected chi connectivity index (χ2v) is 4.68. The van der Waals surface area contributed by atoms with Crippen molar-refractivity contribution in [3.8, 4) is 0 Å². The fraction of sp³-hybridized carbons (Fsp3) is 0.231. The molecule has 1 heterocycles. The minimum absolute atomic E-state index is 0.225. The zero-order valence-electron chi connectivity index (χ0n) is 10.8. The summed E-state index contributed by atoms with van der Waals surface area (Å²) in [5.41, 5.74) is 7.91. The fourth-order valence-corrected chi connectivity index (χ4v) is 1.93. The molecule has 2 aromatic rings. The molecular weight excluding hydrogens is 264 g/mol. The van der Waals surface area contributed by atoms with Gasteiger partial charge in [0.1, 0.15) is 5.82 Å². The normalized spacial score (nSPS) is 10.5. The van der Waals surface area contributed by atoms with Gasteiger partial charge in [0.25, 0.3) is 5.91 Å².